The van der Waals surface area contributed by atoms with Crippen molar-refractivity contribution in [2.75, 3.05) is 0 Å². The van der Waals surface area contributed by atoms with Crippen LogP contribution in [0, 0.1) is 5.92 Å². The lowest BCUT2D eigenvalue weighted by Crippen LogP contribution is -2.24. The molecule has 2 heteroatoms. The highest BCUT2D eigenvalue weighted by Crippen LogP contribution is 2.26. The molecule has 0 spiro atoms. The molecule has 2 nitrogen and oxygen atoms in total. The summed E-state index contributed by atoms with van der Waals surface area (Å²) in [6.45, 7) is 0. The van der Waals surface area contributed by atoms with Crippen LogP contribution >= 0.6 is 0 Å². The average molecular weight is 204 g/mol. The van der Waals surface area contributed by atoms with E-state index >= 15 is 0 Å². The van der Waals surface area contributed by atoms with Crippen molar-refractivity contribution in [3.63, 3.8) is 0 Å². The molecule has 0 radical (unpaired) electrons. The van der Waals surface area contributed by atoms with Crippen LogP contribution in [0.1, 0.15) is 25.7 Å². The van der Waals surface area contributed by atoms with Gasteiger partial charge in [-0.3, -0.25) is 0 Å². The number of para-hydroxylation sites is 1. The van der Waals surface area contributed by atoms with Crippen molar-refractivity contribution < 1.29 is 9.53 Å². The molecule has 1 aliphatic rings. The summed E-state index contributed by atoms with van der Waals surface area (Å²) in [5.74, 6) is 1.20. The minimum Gasteiger partial charge on any atom is -0.490 e. The van der Waals surface area contributed by atoms with Gasteiger partial charge in [-0.2, -0.15) is 0 Å². The molecule has 0 aromatic heterocycles. The third-order valence-electron chi connectivity index (χ3n) is 2.96. The maximum atomic E-state index is 10.6. The Bertz CT molecular complexity index is 300. The zero-order chi connectivity index (χ0) is 10.5. The van der Waals surface area contributed by atoms with Crippen molar-refractivity contribution in [3.8, 4) is 5.75 Å². The molecule has 1 aromatic rings. The monoisotopic (exact) mass is 204 g/mol. The fraction of sp³-hybridized carbons (Fsp3) is 0.462. The van der Waals surface area contributed by atoms with Crippen LogP contribution in [-0.2, 0) is 4.79 Å². The Balaban J connectivity index is 1.85. The van der Waals surface area contributed by atoms with Gasteiger partial charge in [0.2, 0.25) is 0 Å². The Morgan fingerprint density at radius 3 is 2.33 bits per heavy atom. The SMILES string of the molecule is O=CC1CCC(Oc2ccccc2)CC1. The molecule has 0 bridgehead atoms. The summed E-state index contributed by atoms with van der Waals surface area (Å²) in [6, 6.07) is 9.90. The smallest absolute Gasteiger partial charge is 0.123 e. The van der Waals surface area contributed by atoms with Crippen LogP contribution in [0.2, 0.25) is 0 Å². The summed E-state index contributed by atoms with van der Waals surface area (Å²) in [4.78, 5) is 10.6. The van der Waals surface area contributed by atoms with Gasteiger partial charge in [-0.05, 0) is 37.8 Å². The van der Waals surface area contributed by atoms with Crippen molar-refractivity contribution in [2.45, 2.75) is 31.8 Å². The number of carbonyl (C=O) groups excluding carboxylic acids is 1. The van der Waals surface area contributed by atoms with Gasteiger partial charge in [0.15, 0.2) is 0 Å². The van der Waals surface area contributed by atoms with Gasteiger partial charge in [0.1, 0.15) is 12.0 Å². The molecule has 1 aromatic carbocycles. The minimum atomic E-state index is 0.264. The van der Waals surface area contributed by atoms with E-state index < -0.39 is 0 Å². The summed E-state index contributed by atoms with van der Waals surface area (Å²) in [7, 11) is 0. The van der Waals surface area contributed by atoms with E-state index in [9.17, 15) is 4.79 Å². The second kappa shape index (κ2) is 4.96. The lowest BCUT2D eigenvalue weighted by Gasteiger charge is -2.26. The second-order valence-electron chi connectivity index (χ2n) is 4.10. The fourth-order valence-electron chi connectivity index (χ4n) is 2.03. The van der Waals surface area contributed by atoms with Crippen molar-refractivity contribution in [1.82, 2.24) is 0 Å². The molecule has 15 heavy (non-hydrogen) atoms. The van der Waals surface area contributed by atoms with Gasteiger partial charge >= 0.3 is 0 Å². The van der Waals surface area contributed by atoms with Crippen LogP contribution in [0.15, 0.2) is 30.3 Å². The molecule has 0 amide bonds. The molecule has 0 heterocycles. The van der Waals surface area contributed by atoms with Gasteiger partial charge in [0.05, 0.1) is 6.10 Å². The van der Waals surface area contributed by atoms with Gasteiger partial charge in [0, 0.05) is 5.92 Å². The van der Waals surface area contributed by atoms with Crippen LogP contribution < -0.4 is 4.74 Å². The topological polar surface area (TPSA) is 26.3 Å². The van der Waals surface area contributed by atoms with Crippen LogP contribution in [-0.4, -0.2) is 12.4 Å². The molecular weight excluding hydrogens is 188 g/mol. The number of carbonyl (C=O) groups is 1. The maximum Gasteiger partial charge on any atom is 0.123 e. The first kappa shape index (κ1) is 10.2. The van der Waals surface area contributed by atoms with E-state index in [1.807, 2.05) is 30.3 Å². The first-order chi connectivity index (χ1) is 7.38. The second-order valence-corrected chi connectivity index (χ2v) is 4.10. The third kappa shape index (κ3) is 2.82. The first-order valence-corrected chi connectivity index (χ1v) is 5.55. The molecule has 0 aliphatic heterocycles. The van der Waals surface area contributed by atoms with E-state index in [1.165, 1.54) is 0 Å². The minimum absolute atomic E-state index is 0.264. The highest BCUT2D eigenvalue weighted by molar-refractivity contribution is 5.53. The first-order valence-electron chi connectivity index (χ1n) is 5.55. The Morgan fingerprint density at radius 2 is 1.73 bits per heavy atom. The summed E-state index contributed by atoms with van der Waals surface area (Å²) in [5, 5.41) is 0. The summed E-state index contributed by atoms with van der Waals surface area (Å²) in [5.41, 5.74) is 0. The molecule has 80 valence electrons. The van der Waals surface area contributed by atoms with Crippen molar-refractivity contribution in [2.24, 2.45) is 5.92 Å². The molecular formula is C13H16O2. The lowest BCUT2D eigenvalue weighted by atomic mass is 9.88. The summed E-state index contributed by atoms with van der Waals surface area (Å²) < 4.78 is 5.83. The van der Waals surface area contributed by atoms with Crippen LogP contribution in [0.4, 0.5) is 0 Å². The zero-order valence-electron chi connectivity index (χ0n) is 8.76. The predicted octanol–water partition coefficient (Wildman–Crippen LogP) is 2.82. The largest absolute Gasteiger partial charge is 0.490 e. The quantitative estimate of drug-likeness (QED) is 0.708. The summed E-state index contributed by atoms with van der Waals surface area (Å²) >= 11 is 0. The molecule has 0 atom stereocenters. The number of hydrogen-bond donors (Lipinski definition) is 0. The Labute approximate surface area is 90.3 Å². The van der Waals surface area contributed by atoms with Crippen molar-refractivity contribution in [3.05, 3.63) is 30.3 Å². The molecule has 1 aliphatic carbocycles. The molecule has 1 fully saturated rings. The van der Waals surface area contributed by atoms with E-state index in [0.29, 0.717) is 6.10 Å². The highest BCUT2D eigenvalue weighted by atomic mass is 16.5. The van der Waals surface area contributed by atoms with Crippen LogP contribution in [0.5, 0.6) is 5.75 Å². The van der Waals surface area contributed by atoms with E-state index in [2.05, 4.69) is 0 Å². The zero-order valence-corrected chi connectivity index (χ0v) is 8.76. The number of benzene rings is 1. The van der Waals surface area contributed by atoms with Crippen molar-refractivity contribution >= 4 is 6.29 Å². The molecule has 2 rings (SSSR count). The molecule has 0 N–H and O–H groups in total. The van der Waals surface area contributed by atoms with E-state index in [4.69, 9.17) is 4.74 Å². The van der Waals surface area contributed by atoms with Gasteiger partial charge in [0.25, 0.3) is 0 Å². The number of ether oxygens (including phenoxy) is 1. The van der Waals surface area contributed by atoms with Gasteiger partial charge in [-0.15, -0.1) is 0 Å². The number of aldehydes is 1. The fourth-order valence-corrected chi connectivity index (χ4v) is 2.03. The van der Waals surface area contributed by atoms with Gasteiger partial charge in [-0.25, -0.2) is 0 Å². The normalized spacial score (nSPS) is 25.9. The lowest BCUT2D eigenvalue weighted by molar-refractivity contribution is -0.112. The van der Waals surface area contributed by atoms with E-state index in [1.54, 1.807) is 0 Å². The van der Waals surface area contributed by atoms with Gasteiger partial charge < -0.3 is 9.53 Å². The van der Waals surface area contributed by atoms with E-state index in [0.717, 1.165) is 37.7 Å². The molecule has 0 saturated heterocycles. The standard InChI is InChI=1S/C13H16O2/c14-10-11-6-8-13(9-7-11)15-12-4-2-1-3-5-12/h1-5,10-11,13H,6-9H2. The number of rotatable bonds is 3. The molecule has 0 unspecified atom stereocenters. The Morgan fingerprint density at radius 1 is 1.07 bits per heavy atom. The molecule has 1 saturated carbocycles. The third-order valence-corrected chi connectivity index (χ3v) is 2.96. The van der Waals surface area contributed by atoms with Crippen molar-refractivity contribution in [1.29, 1.82) is 0 Å². The Kier molecular flexibility index (Phi) is 3.38. The number of hydrogen-bond acceptors (Lipinski definition) is 2. The van der Waals surface area contributed by atoms with E-state index in [-0.39, 0.29) is 5.92 Å². The summed E-state index contributed by atoms with van der Waals surface area (Å²) in [6.07, 6.45) is 5.32. The maximum absolute atomic E-state index is 10.6. The predicted molar refractivity (Wildman–Crippen MR) is 58.9 cm³/mol. The van der Waals surface area contributed by atoms with Crippen LogP contribution in [0.25, 0.3) is 0 Å². The highest BCUT2D eigenvalue weighted by Gasteiger charge is 2.21. The van der Waals surface area contributed by atoms with Gasteiger partial charge in [-0.1, -0.05) is 18.2 Å². The van der Waals surface area contributed by atoms with Crippen LogP contribution in [0.3, 0.4) is 0 Å². The Hall–Kier alpha value is -1.31. The average Bonchev–Trinajstić information content (AvgIpc) is 2.31.